The lowest BCUT2D eigenvalue weighted by molar-refractivity contribution is -0.110. The molecule has 2 N–H and O–H groups in total. The van der Waals surface area contributed by atoms with Crippen LogP contribution in [0, 0.1) is 0 Å². The van der Waals surface area contributed by atoms with Crippen molar-refractivity contribution in [1.82, 2.24) is 4.98 Å². The van der Waals surface area contributed by atoms with E-state index in [0.717, 1.165) is 47.1 Å². The smallest absolute Gasteiger partial charge is 0.256 e. The Hall–Kier alpha value is -1.81. The lowest BCUT2D eigenvalue weighted by atomic mass is 9.98. The lowest BCUT2D eigenvalue weighted by Crippen LogP contribution is -2.03. The maximum Gasteiger partial charge on any atom is 0.256 e. The van der Waals surface area contributed by atoms with Crippen molar-refractivity contribution in [2.75, 3.05) is 10.6 Å². The van der Waals surface area contributed by atoms with Gasteiger partial charge in [-0.25, -0.2) is 0 Å². The van der Waals surface area contributed by atoms with Crippen LogP contribution in [-0.2, 0) is 24.1 Å². The van der Waals surface area contributed by atoms with Crippen molar-refractivity contribution in [2.24, 2.45) is 0 Å². The van der Waals surface area contributed by atoms with Gasteiger partial charge in [-0.3, -0.25) is 4.79 Å². The van der Waals surface area contributed by atoms with Gasteiger partial charge in [0.05, 0.1) is 5.57 Å². The quantitative estimate of drug-likeness (QED) is 0.613. The van der Waals surface area contributed by atoms with Gasteiger partial charge in [-0.15, -0.1) is 0 Å². The number of aromatic amines is 1. The molecule has 23 heavy (non-hydrogen) atoms. The van der Waals surface area contributed by atoms with E-state index in [1.807, 2.05) is 12.1 Å². The van der Waals surface area contributed by atoms with Crippen molar-refractivity contribution in [3.63, 3.8) is 0 Å². The van der Waals surface area contributed by atoms with Crippen LogP contribution in [0.5, 0.6) is 0 Å². The third-order valence-corrected chi connectivity index (χ3v) is 5.08. The van der Waals surface area contributed by atoms with Crippen molar-refractivity contribution in [3.05, 3.63) is 52.3 Å². The van der Waals surface area contributed by atoms with Crippen molar-refractivity contribution < 1.29 is 4.79 Å². The average Bonchev–Trinajstić information content (AvgIpc) is 3.09. The van der Waals surface area contributed by atoms with E-state index < -0.39 is 0 Å². The Bertz CT molecular complexity index is 780. The van der Waals surface area contributed by atoms with Gasteiger partial charge in [0.15, 0.2) is 0 Å². The van der Waals surface area contributed by atoms with E-state index in [1.165, 1.54) is 29.7 Å². The second-order valence-electron chi connectivity index (χ2n) is 6.27. The highest BCUT2D eigenvalue weighted by Crippen LogP contribution is 2.34. The topological polar surface area (TPSA) is 44.9 Å². The molecule has 0 spiro atoms. The van der Waals surface area contributed by atoms with E-state index in [1.54, 1.807) is 0 Å². The molecule has 4 heteroatoms. The van der Waals surface area contributed by atoms with Crippen LogP contribution in [0.1, 0.15) is 40.9 Å². The van der Waals surface area contributed by atoms with E-state index in [2.05, 4.69) is 44.4 Å². The van der Waals surface area contributed by atoms with Crippen LogP contribution in [0.3, 0.4) is 0 Å². The second kappa shape index (κ2) is 6.00. The molecular formula is C19H19BrN2O. The fourth-order valence-corrected chi connectivity index (χ4v) is 3.96. The summed E-state index contributed by atoms with van der Waals surface area (Å²) in [5, 5.41) is 3.89. The third-order valence-electron chi connectivity index (χ3n) is 4.69. The fraction of sp³-hybridized carbons (Fsp3) is 0.316. The first-order valence-electron chi connectivity index (χ1n) is 8.17. The molecule has 0 bridgehead atoms. The van der Waals surface area contributed by atoms with Crippen LogP contribution in [0.15, 0.2) is 24.3 Å². The highest BCUT2D eigenvalue weighted by molar-refractivity contribution is 9.09. The van der Waals surface area contributed by atoms with Gasteiger partial charge in [-0.05, 0) is 67.5 Å². The highest BCUT2D eigenvalue weighted by Gasteiger charge is 2.24. The normalized spacial score (nSPS) is 18.0. The SMILES string of the molecule is O=C1Nc2ccc(CCBr)cc2C1=Cc1cc2c([nH]1)CCCC2. The summed E-state index contributed by atoms with van der Waals surface area (Å²) in [5.41, 5.74) is 7.73. The number of amides is 1. The lowest BCUT2D eigenvalue weighted by Gasteiger charge is -2.08. The Morgan fingerprint density at radius 2 is 2.04 bits per heavy atom. The molecule has 3 nitrogen and oxygen atoms in total. The van der Waals surface area contributed by atoms with Crippen molar-refractivity contribution in [3.8, 4) is 0 Å². The van der Waals surface area contributed by atoms with Gasteiger partial charge in [0.25, 0.3) is 5.91 Å². The number of nitrogens with one attached hydrogen (secondary N) is 2. The molecular weight excluding hydrogens is 352 g/mol. The Morgan fingerprint density at radius 3 is 2.87 bits per heavy atom. The summed E-state index contributed by atoms with van der Waals surface area (Å²) >= 11 is 3.48. The molecule has 1 aromatic carbocycles. The number of anilines is 1. The standard InChI is InChI=1S/C19H19BrN2O/c20-8-7-12-5-6-18-15(9-12)16(19(23)22-18)11-14-10-13-3-1-2-4-17(13)21-14/h5-6,9-11,21H,1-4,7-8H2,(H,22,23). The van der Waals surface area contributed by atoms with Gasteiger partial charge >= 0.3 is 0 Å². The van der Waals surface area contributed by atoms with Crippen LogP contribution < -0.4 is 5.32 Å². The summed E-state index contributed by atoms with van der Waals surface area (Å²) in [6, 6.07) is 8.42. The molecule has 1 aliphatic carbocycles. The number of carbonyl (C=O) groups excluding carboxylic acids is 1. The number of alkyl halides is 1. The molecule has 0 unspecified atom stereocenters. The van der Waals surface area contributed by atoms with E-state index in [-0.39, 0.29) is 5.91 Å². The summed E-state index contributed by atoms with van der Waals surface area (Å²) < 4.78 is 0. The molecule has 4 rings (SSSR count). The number of aryl methyl sites for hydroxylation is 3. The number of hydrogen-bond donors (Lipinski definition) is 2. The number of fused-ring (bicyclic) bond motifs is 2. The molecule has 0 saturated carbocycles. The summed E-state index contributed by atoms with van der Waals surface area (Å²) in [4.78, 5) is 15.8. The van der Waals surface area contributed by atoms with E-state index in [9.17, 15) is 4.79 Å². The first-order valence-corrected chi connectivity index (χ1v) is 9.30. The van der Waals surface area contributed by atoms with E-state index >= 15 is 0 Å². The molecule has 0 atom stereocenters. The van der Waals surface area contributed by atoms with Gasteiger partial charge in [0, 0.05) is 28.0 Å². The van der Waals surface area contributed by atoms with Crippen LogP contribution in [-0.4, -0.2) is 16.2 Å². The minimum atomic E-state index is -0.0106. The molecule has 1 aromatic heterocycles. The summed E-state index contributed by atoms with van der Waals surface area (Å²) in [7, 11) is 0. The van der Waals surface area contributed by atoms with Crippen molar-refractivity contribution in [2.45, 2.75) is 32.1 Å². The van der Waals surface area contributed by atoms with Gasteiger partial charge in [-0.1, -0.05) is 22.0 Å². The maximum absolute atomic E-state index is 12.3. The number of benzene rings is 1. The molecule has 0 radical (unpaired) electrons. The zero-order valence-electron chi connectivity index (χ0n) is 12.9. The largest absolute Gasteiger partial charge is 0.359 e. The summed E-state index contributed by atoms with van der Waals surface area (Å²) in [5.74, 6) is -0.0106. The monoisotopic (exact) mass is 370 g/mol. The number of rotatable bonds is 3. The Kier molecular flexibility index (Phi) is 3.85. The maximum atomic E-state index is 12.3. The predicted molar refractivity (Wildman–Crippen MR) is 97.9 cm³/mol. The summed E-state index contributed by atoms with van der Waals surface area (Å²) in [6.07, 6.45) is 7.75. The summed E-state index contributed by atoms with van der Waals surface area (Å²) in [6.45, 7) is 0. The van der Waals surface area contributed by atoms with Crippen LogP contribution in [0.25, 0.3) is 11.6 Å². The fourth-order valence-electron chi connectivity index (χ4n) is 3.51. The van der Waals surface area contributed by atoms with Gasteiger partial charge in [-0.2, -0.15) is 0 Å². The number of halogens is 1. The number of H-pyrrole nitrogens is 1. The van der Waals surface area contributed by atoms with Crippen molar-refractivity contribution >= 4 is 39.2 Å². The third kappa shape index (κ3) is 2.76. The Balaban J connectivity index is 1.73. The molecule has 2 heterocycles. The van der Waals surface area contributed by atoms with Gasteiger partial charge < -0.3 is 10.3 Å². The van der Waals surface area contributed by atoms with Crippen LogP contribution >= 0.6 is 15.9 Å². The van der Waals surface area contributed by atoms with Gasteiger partial charge in [0.1, 0.15) is 0 Å². The molecule has 2 aromatic rings. The first-order chi connectivity index (χ1) is 11.2. The Labute approximate surface area is 144 Å². The second-order valence-corrected chi connectivity index (χ2v) is 7.06. The molecule has 118 valence electrons. The number of hydrogen-bond acceptors (Lipinski definition) is 1. The molecule has 0 saturated heterocycles. The van der Waals surface area contributed by atoms with E-state index in [0.29, 0.717) is 0 Å². The minimum absolute atomic E-state index is 0.0106. The number of aromatic nitrogens is 1. The molecule has 2 aliphatic rings. The molecule has 0 fully saturated rings. The van der Waals surface area contributed by atoms with Crippen LogP contribution in [0.4, 0.5) is 5.69 Å². The molecule has 1 amide bonds. The van der Waals surface area contributed by atoms with Gasteiger partial charge in [0.2, 0.25) is 0 Å². The zero-order chi connectivity index (χ0) is 15.8. The number of carbonyl (C=O) groups is 1. The first kappa shape index (κ1) is 14.8. The van der Waals surface area contributed by atoms with E-state index in [4.69, 9.17) is 0 Å². The Morgan fingerprint density at radius 1 is 1.17 bits per heavy atom. The zero-order valence-corrected chi connectivity index (χ0v) is 14.5. The van der Waals surface area contributed by atoms with Crippen LogP contribution in [0.2, 0.25) is 0 Å². The average molecular weight is 371 g/mol. The predicted octanol–water partition coefficient (Wildman–Crippen LogP) is 4.32. The highest BCUT2D eigenvalue weighted by atomic mass is 79.9. The molecule has 1 aliphatic heterocycles. The minimum Gasteiger partial charge on any atom is -0.359 e. The van der Waals surface area contributed by atoms with Crippen molar-refractivity contribution in [1.29, 1.82) is 0 Å².